The van der Waals surface area contributed by atoms with Crippen molar-refractivity contribution in [3.05, 3.63) is 0 Å². The third-order valence-electron chi connectivity index (χ3n) is 18.1. The van der Waals surface area contributed by atoms with Crippen LogP contribution in [0.1, 0.15) is 207 Å². The van der Waals surface area contributed by atoms with Crippen molar-refractivity contribution in [2.75, 3.05) is 98.2 Å². The summed E-state index contributed by atoms with van der Waals surface area (Å²) in [5, 5.41) is 0. The standard InChI is InChI=1S/C16H31N.2C15H30N2.C14H27N/c1-13(2)10-16(7-8-16)12-17-9-5-6-15(11-17)14(3)4;2*1-13(2)11-15(5-6-15)12-16-7-9-17(10-8-16)14(3)4;1-11(2)7-14(5-6-14)8-13-9-15(10-13)12(3)4/h13-15H,5-12H2,1-4H3;2*13-14H,5-12H2,1-4H3;11-13H,5-10H2,1-4H3. The molecule has 0 spiro atoms. The SMILES string of the molecule is CC(C)CC1(CC2CN(C(C)C)C2)CC1.CC(C)CC1(CN2CCCC(C(C)C)C2)CC1.CC(C)CC1(CN2CCN(C(C)C)CC2)CC1.CC(C)CC1(CN2CCN(C(C)C)CC2)CC1. The molecule has 8 aliphatic rings. The maximum Gasteiger partial charge on any atom is 0.0113 e. The molecule has 1 unspecified atom stereocenters. The minimum Gasteiger partial charge on any atom is -0.302 e. The van der Waals surface area contributed by atoms with Crippen LogP contribution in [-0.2, 0) is 0 Å². The quantitative estimate of drug-likeness (QED) is 0.120. The van der Waals surface area contributed by atoms with Crippen LogP contribution in [0.4, 0.5) is 0 Å². The van der Waals surface area contributed by atoms with Gasteiger partial charge in [-0.25, -0.2) is 0 Å². The highest BCUT2D eigenvalue weighted by atomic mass is 15.3. The van der Waals surface area contributed by atoms with Crippen LogP contribution < -0.4 is 0 Å². The Bertz CT molecular complexity index is 1280. The van der Waals surface area contributed by atoms with E-state index in [1.54, 1.807) is 0 Å². The number of hydrogen-bond donors (Lipinski definition) is 0. The van der Waals surface area contributed by atoms with Crippen molar-refractivity contribution in [2.24, 2.45) is 63.1 Å². The Morgan fingerprint density at radius 3 is 1.00 bits per heavy atom. The summed E-state index contributed by atoms with van der Waals surface area (Å²) in [5.74, 6) is 6.37. The summed E-state index contributed by atoms with van der Waals surface area (Å²) >= 11 is 0. The molecule has 0 N–H and O–H groups in total. The number of likely N-dealkylation sites (tertiary alicyclic amines) is 2. The smallest absolute Gasteiger partial charge is 0.0113 e. The van der Waals surface area contributed by atoms with E-state index >= 15 is 0 Å². The molecule has 4 saturated carbocycles. The molecule has 66 heavy (non-hydrogen) atoms. The molecule has 4 aliphatic heterocycles. The lowest BCUT2D eigenvalue weighted by Gasteiger charge is -2.43. The van der Waals surface area contributed by atoms with Crippen LogP contribution in [0.3, 0.4) is 0 Å². The predicted octanol–water partition coefficient (Wildman–Crippen LogP) is 13.4. The molecule has 4 heterocycles. The molecule has 0 aromatic rings. The maximum atomic E-state index is 2.78. The van der Waals surface area contributed by atoms with E-state index < -0.39 is 0 Å². The van der Waals surface area contributed by atoms with E-state index in [0.717, 1.165) is 70.4 Å². The van der Waals surface area contributed by atoms with Gasteiger partial charge in [0.05, 0.1) is 0 Å². The average molecular weight is 924 g/mol. The average Bonchev–Trinajstić information content (AvgIpc) is 4.02. The van der Waals surface area contributed by atoms with E-state index in [-0.39, 0.29) is 0 Å². The summed E-state index contributed by atoms with van der Waals surface area (Å²) < 4.78 is 0. The molecule has 388 valence electrons. The Labute approximate surface area is 414 Å². The van der Waals surface area contributed by atoms with Crippen molar-refractivity contribution < 1.29 is 0 Å². The lowest BCUT2D eigenvalue weighted by Crippen LogP contribution is -2.50. The van der Waals surface area contributed by atoms with E-state index in [1.807, 2.05) is 0 Å². The second kappa shape index (κ2) is 25.4. The molecular weight excluding hydrogens is 805 g/mol. The van der Waals surface area contributed by atoms with Crippen LogP contribution in [0.25, 0.3) is 0 Å². The van der Waals surface area contributed by atoms with Gasteiger partial charge < -0.3 is 19.6 Å². The fraction of sp³-hybridized carbons (Fsp3) is 1.00. The van der Waals surface area contributed by atoms with Gasteiger partial charge in [-0.3, -0.25) is 9.80 Å². The summed E-state index contributed by atoms with van der Waals surface area (Å²) in [7, 11) is 0. The van der Waals surface area contributed by atoms with Gasteiger partial charge in [0.15, 0.2) is 0 Å². The largest absolute Gasteiger partial charge is 0.302 e. The molecular formula is C60H118N6. The topological polar surface area (TPSA) is 19.4 Å². The Morgan fingerprint density at radius 1 is 0.364 bits per heavy atom. The Balaban J connectivity index is 0.000000165. The van der Waals surface area contributed by atoms with Gasteiger partial charge in [0.25, 0.3) is 0 Å². The van der Waals surface area contributed by atoms with Crippen LogP contribution >= 0.6 is 0 Å². The predicted molar refractivity (Wildman–Crippen MR) is 290 cm³/mol. The molecule has 0 aromatic carbocycles. The number of hydrogen-bond acceptors (Lipinski definition) is 6. The number of nitrogens with zero attached hydrogens (tertiary/aromatic N) is 6. The highest BCUT2D eigenvalue weighted by molar-refractivity contribution is 5.00. The second-order valence-electron chi connectivity index (χ2n) is 28.2. The van der Waals surface area contributed by atoms with Crippen LogP contribution in [0.5, 0.6) is 0 Å². The van der Waals surface area contributed by atoms with Crippen LogP contribution in [-0.4, -0.2) is 146 Å². The first-order valence-electron chi connectivity index (χ1n) is 29.4. The lowest BCUT2D eigenvalue weighted by molar-refractivity contribution is 0.0467. The van der Waals surface area contributed by atoms with Crippen LogP contribution in [0.2, 0.25) is 0 Å². The molecule has 8 fully saturated rings. The van der Waals surface area contributed by atoms with E-state index in [4.69, 9.17) is 0 Å². The van der Waals surface area contributed by atoms with Gasteiger partial charge in [-0.2, -0.15) is 0 Å². The number of piperidine rings is 1. The monoisotopic (exact) mass is 923 g/mol. The molecule has 6 heteroatoms. The zero-order valence-corrected chi connectivity index (χ0v) is 47.7. The van der Waals surface area contributed by atoms with Crippen molar-refractivity contribution in [3.63, 3.8) is 0 Å². The van der Waals surface area contributed by atoms with Crippen molar-refractivity contribution in [1.29, 1.82) is 0 Å². The van der Waals surface area contributed by atoms with Gasteiger partial charge in [0.1, 0.15) is 0 Å². The second-order valence-corrected chi connectivity index (χ2v) is 28.2. The van der Waals surface area contributed by atoms with E-state index in [0.29, 0.717) is 10.8 Å². The molecule has 4 saturated heterocycles. The number of rotatable bonds is 20. The van der Waals surface area contributed by atoms with E-state index in [1.165, 1.54) is 194 Å². The Kier molecular flexibility index (Phi) is 21.8. The fourth-order valence-corrected chi connectivity index (χ4v) is 13.8. The molecule has 0 bridgehead atoms. The van der Waals surface area contributed by atoms with Gasteiger partial charge >= 0.3 is 0 Å². The highest BCUT2D eigenvalue weighted by Crippen LogP contribution is 2.56. The van der Waals surface area contributed by atoms with E-state index in [9.17, 15) is 0 Å². The Morgan fingerprint density at radius 2 is 0.697 bits per heavy atom. The minimum absolute atomic E-state index is 0.716. The van der Waals surface area contributed by atoms with Gasteiger partial charge in [-0.05, 0) is 207 Å². The molecule has 0 aromatic heterocycles. The summed E-state index contributed by atoms with van der Waals surface area (Å²) in [6, 6.07) is 2.21. The van der Waals surface area contributed by atoms with Gasteiger partial charge in [0, 0.05) is 110 Å². The summed E-state index contributed by atoms with van der Waals surface area (Å²) in [4.78, 5) is 16.0. The zero-order chi connectivity index (χ0) is 48.5. The van der Waals surface area contributed by atoms with Crippen molar-refractivity contribution >= 4 is 0 Å². The maximum absolute atomic E-state index is 2.78. The molecule has 0 radical (unpaired) electrons. The first kappa shape index (κ1) is 56.7. The first-order valence-corrected chi connectivity index (χ1v) is 29.4. The summed E-state index contributed by atoms with van der Waals surface area (Å²) in [6.45, 7) is 57.6. The number of piperazine rings is 2. The molecule has 0 amide bonds. The van der Waals surface area contributed by atoms with Crippen LogP contribution in [0, 0.1) is 63.1 Å². The molecule has 8 rings (SSSR count). The highest BCUT2D eigenvalue weighted by Gasteiger charge is 2.48. The zero-order valence-electron chi connectivity index (χ0n) is 47.7. The minimum atomic E-state index is 0.716. The molecule has 4 aliphatic carbocycles. The van der Waals surface area contributed by atoms with Crippen molar-refractivity contribution in [3.8, 4) is 0 Å². The normalized spacial score (nSPS) is 26.6. The first-order chi connectivity index (χ1) is 31.0. The third kappa shape index (κ3) is 19.4. The van der Waals surface area contributed by atoms with Crippen LogP contribution in [0.15, 0.2) is 0 Å². The lowest BCUT2D eigenvalue weighted by atomic mass is 9.82. The summed E-state index contributed by atoms with van der Waals surface area (Å²) in [6.07, 6.45) is 22.2. The Hall–Kier alpha value is -0.240. The van der Waals surface area contributed by atoms with Gasteiger partial charge in [-0.1, -0.05) is 69.2 Å². The fourth-order valence-electron chi connectivity index (χ4n) is 13.8. The van der Waals surface area contributed by atoms with Crippen molar-refractivity contribution in [1.82, 2.24) is 29.4 Å². The van der Waals surface area contributed by atoms with Gasteiger partial charge in [-0.15, -0.1) is 0 Å². The van der Waals surface area contributed by atoms with E-state index in [2.05, 4.69) is 140 Å². The summed E-state index contributed by atoms with van der Waals surface area (Å²) in [5.41, 5.74) is 2.96. The third-order valence-corrected chi connectivity index (χ3v) is 18.1. The van der Waals surface area contributed by atoms with Gasteiger partial charge in [0.2, 0.25) is 0 Å². The molecule has 6 nitrogen and oxygen atoms in total. The molecule has 1 atom stereocenters. The van der Waals surface area contributed by atoms with Crippen molar-refractivity contribution in [2.45, 2.75) is 225 Å².